The Labute approximate surface area is 119 Å². The van der Waals surface area contributed by atoms with Crippen molar-refractivity contribution < 1.29 is 9.47 Å². The standard InChI is InChI=1S/C15H21N3O2/c1-2-19-15-10-13(11-16)4-5-14(15)20-9-3-7-18-8-6-17-12-18/h4-6,8,10,12H,2-3,7,9,11,16H2,1H3. The van der Waals surface area contributed by atoms with Gasteiger partial charge in [0.25, 0.3) is 0 Å². The molecule has 2 N–H and O–H groups in total. The Morgan fingerprint density at radius 3 is 2.85 bits per heavy atom. The maximum absolute atomic E-state index is 5.79. The molecule has 1 aromatic carbocycles. The molecule has 2 rings (SSSR count). The predicted molar refractivity (Wildman–Crippen MR) is 77.8 cm³/mol. The summed E-state index contributed by atoms with van der Waals surface area (Å²) in [4.78, 5) is 4.01. The van der Waals surface area contributed by atoms with Crippen molar-refractivity contribution in [3.63, 3.8) is 0 Å². The van der Waals surface area contributed by atoms with Crippen LogP contribution in [-0.2, 0) is 13.1 Å². The molecular formula is C15H21N3O2. The van der Waals surface area contributed by atoms with Gasteiger partial charge in [-0.3, -0.25) is 0 Å². The number of nitrogens with two attached hydrogens (primary N) is 1. The smallest absolute Gasteiger partial charge is 0.161 e. The normalized spacial score (nSPS) is 10.5. The van der Waals surface area contributed by atoms with E-state index in [0.717, 1.165) is 30.0 Å². The van der Waals surface area contributed by atoms with Crippen molar-refractivity contribution in [3.05, 3.63) is 42.5 Å². The first-order chi connectivity index (χ1) is 9.83. The van der Waals surface area contributed by atoms with Crippen molar-refractivity contribution in [1.29, 1.82) is 0 Å². The molecule has 0 spiro atoms. The molecule has 108 valence electrons. The summed E-state index contributed by atoms with van der Waals surface area (Å²) < 4.78 is 13.4. The van der Waals surface area contributed by atoms with Gasteiger partial charge in [-0.25, -0.2) is 4.98 Å². The lowest BCUT2D eigenvalue weighted by atomic mass is 10.2. The quantitative estimate of drug-likeness (QED) is 0.750. The molecule has 1 heterocycles. The van der Waals surface area contributed by atoms with Gasteiger partial charge in [0.1, 0.15) is 0 Å². The summed E-state index contributed by atoms with van der Waals surface area (Å²) in [6.45, 7) is 4.60. The highest BCUT2D eigenvalue weighted by Gasteiger charge is 2.06. The number of ether oxygens (including phenoxy) is 2. The molecule has 0 atom stereocenters. The molecule has 5 heteroatoms. The fourth-order valence-electron chi connectivity index (χ4n) is 1.92. The molecule has 0 aliphatic rings. The minimum atomic E-state index is 0.501. The topological polar surface area (TPSA) is 62.3 Å². The van der Waals surface area contributed by atoms with E-state index >= 15 is 0 Å². The number of aromatic nitrogens is 2. The van der Waals surface area contributed by atoms with Crippen molar-refractivity contribution in [2.75, 3.05) is 13.2 Å². The molecule has 0 aliphatic carbocycles. The average molecular weight is 275 g/mol. The van der Waals surface area contributed by atoms with Gasteiger partial charge in [-0.1, -0.05) is 6.07 Å². The van der Waals surface area contributed by atoms with Crippen molar-refractivity contribution in [2.45, 2.75) is 26.4 Å². The molecule has 0 unspecified atom stereocenters. The number of nitrogens with zero attached hydrogens (tertiary/aromatic N) is 2. The van der Waals surface area contributed by atoms with E-state index < -0.39 is 0 Å². The molecule has 0 aliphatic heterocycles. The molecule has 0 saturated heterocycles. The van der Waals surface area contributed by atoms with E-state index in [0.29, 0.717) is 19.8 Å². The van der Waals surface area contributed by atoms with Crippen LogP contribution in [0, 0.1) is 0 Å². The monoisotopic (exact) mass is 275 g/mol. The van der Waals surface area contributed by atoms with Crippen LogP contribution in [0.4, 0.5) is 0 Å². The maximum atomic E-state index is 5.79. The maximum Gasteiger partial charge on any atom is 0.161 e. The molecule has 2 aromatic rings. The van der Waals surface area contributed by atoms with Crippen molar-refractivity contribution >= 4 is 0 Å². The first-order valence-electron chi connectivity index (χ1n) is 6.87. The second-order valence-corrected chi connectivity index (χ2v) is 4.42. The molecule has 0 radical (unpaired) electrons. The van der Waals surface area contributed by atoms with Crippen LogP contribution in [0.2, 0.25) is 0 Å². The zero-order valence-corrected chi connectivity index (χ0v) is 11.8. The summed E-state index contributed by atoms with van der Waals surface area (Å²) >= 11 is 0. The van der Waals surface area contributed by atoms with E-state index in [1.165, 1.54) is 0 Å². The van der Waals surface area contributed by atoms with E-state index in [1.807, 2.05) is 42.2 Å². The lowest BCUT2D eigenvalue weighted by Crippen LogP contribution is -2.05. The van der Waals surface area contributed by atoms with E-state index in [9.17, 15) is 0 Å². The van der Waals surface area contributed by atoms with Gasteiger partial charge in [0.05, 0.1) is 19.5 Å². The van der Waals surface area contributed by atoms with Crippen molar-refractivity contribution in [1.82, 2.24) is 9.55 Å². The molecule has 0 fully saturated rings. The van der Waals surface area contributed by atoms with Crippen LogP contribution < -0.4 is 15.2 Å². The minimum Gasteiger partial charge on any atom is -0.490 e. The third-order valence-corrected chi connectivity index (χ3v) is 2.92. The lowest BCUT2D eigenvalue weighted by molar-refractivity contribution is 0.268. The third kappa shape index (κ3) is 3.99. The number of hydrogen-bond donors (Lipinski definition) is 1. The number of imidazole rings is 1. The van der Waals surface area contributed by atoms with Crippen molar-refractivity contribution in [2.24, 2.45) is 5.73 Å². The Bertz CT molecular complexity index is 512. The minimum absolute atomic E-state index is 0.501. The second kappa shape index (κ2) is 7.55. The molecular weight excluding hydrogens is 254 g/mol. The summed E-state index contributed by atoms with van der Waals surface area (Å²) in [6.07, 6.45) is 6.45. The molecule has 0 bridgehead atoms. The van der Waals surface area contributed by atoms with Crippen LogP contribution in [0.1, 0.15) is 18.9 Å². The third-order valence-electron chi connectivity index (χ3n) is 2.92. The molecule has 1 aromatic heterocycles. The number of benzene rings is 1. The van der Waals surface area contributed by atoms with Crippen LogP contribution in [-0.4, -0.2) is 22.8 Å². The first-order valence-corrected chi connectivity index (χ1v) is 6.87. The Hall–Kier alpha value is -2.01. The highest BCUT2D eigenvalue weighted by atomic mass is 16.5. The largest absolute Gasteiger partial charge is 0.490 e. The van der Waals surface area contributed by atoms with Gasteiger partial charge in [0.15, 0.2) is 11.5 Å². The van der Waals surface area contributed by atoms with Gasteiger partial charge in [-0.05, 0) is 31.0 Å². The predicted octanol–water partition coefficient (Wildman–Crippen LogP) is 2.21. The van der Waals surface area contributed by atoms with Gasteiger partial charge in [0, 0.05) is 25.5 Å². The van der Waals surface area contributed by atoms with E-state index in [1.54, 1.807) is 6.20 Å². The zero-order valence-electron chi connectivity index (χ0n) is 11.8. The van der Waals surface area contributed by atoms with Crippen LogP contribution >= 0.6 is 0 Å². The van der Waals surface area contributed by atoms with E-state index in [-0.39, 0.29) is 0 Å². The number of rotatable bonds is 8. The Balaban J connectivity index is 1.87. The number of aryl methyl sites for hydroxylation is 1. The van der Waals surface area contributed by atoms with Gasteiger partial charge in [-0.2, -0.15) is 0 Å². The number of hydrogen-bond acceptors (Lipinski definition) is 4. The Morgan fingerprint density at radius 2 is 2.15 bits per heavy atom. The summed E-state index contributed by atoms with van der Waals surface area (Å²) in [5.41, 5.74) is 6.68. The fourth-order valence-corrected chi connectivity index (χ4v) is 1.92. The highest BCUT2D eigenvalue weighted by Crippen LogP contribution is 2.28. The average Bonchev–Trinajstić information content (AvgIpc) is 2.98. The van der Waals surface area contributed by atoms with Crippen molar-refractivity contribution in [3.8, 4) is 11.5 Å². The van der Waals surface area contributed by atoms with Gasteiger partial charge < -0.3 is 19.8 Å². The molecule has 20 heavy (non-hydrogen) atoms. The summed E-state index contributed by atoms with van der Waals surface area (Å²) in [7, 11) is 0. The van der Waals surface area contributed by atoms with Crippen LogP contribution in [0.15, 0.2) is 36.9 Å². The van der Waals surface area contributed by atoms with Crippen LogP contribution in [0.25, 0.3) is 0 Å². The Morgan fingerprint density at radius 1 is 1.25 bits per heavy atom. The summed E-state index contributed by atoms with van der Waals surface area (Å²) in [5, 5.41) is 0. The fraction of sp³-hybridized carbons (Fsp3) is 0.400. The molecule has 0 saturated carbocycles. The lowest BCUT2D eigenvalue weighted by Gasteiger charge is -2.13. The van der Waals surface area contributed by atoms with E-state index in [2.05, 4.69) is 4.98 Å². The summed E-state index contributed by atoms with van der Waals surface area (Å²) in [5.74, 6) is 1.53. The van der Waals surface area contributed by atoms with Crippen LogP contribution in [0.5, 0.6) is 11.5 Å². The zero-order chi connectivity index (χ0) is 14.2. The summed E-state index contributed by atoms with van der Waals surface area (Å²) in [6, 6.07) is 5.83. The SMILES string of the molecule is CCOc1cc(CN)ccc1OCCCn1ccnc1. The highest BCUT2D eigenvalue weighted by molar-refractivity contribution is 5.43. The molecule has 0 amide bonds. The Kier molecular flexibility index (Phi) is 5.43. The van der Waals surface area contributed by atoms with Gasteiger partial charge in [0.2, 0.25) is 0 Å². The van der Waals surface area contributed by atoms with Crippen LogP contribution in [0.3, 0.4) is 0 Å². The van der Waals surface area contributed by atoms with E-state index in [4.69, 9.17) is 15.2 Å². The molecule has 5 nitrogen and oxygen atoms in total. The second-order valence-electron chi connectivity index (χ2n) is 4.42. The first kappa shape index (κ1) is 14.4. The van der Waals surface area contributed by atoms with Gasteiger partial charge in [-0.15, -0.1) is 0 Å². The van der Waals surface area contributed by atoms with Gasteiger partial charge >= 0.3 is 0 Å².